The number of anilines is 1. The molecule has 3 aromatic rings. The van der Waals surface area contributed by atoms with E-state index < -0.39 is 43.1 Å². The molecular weight excluding hydrogens is 566 g/mol. The van der Waals surface area contributed by atoms with Gasteiger partial charge in [0.15, 0.2) is 5.13 Å². The first-order valence-electron chi connectivity index (χ1n) is 10.3. The lowest BCUT2D eigenvalue weighted by Gasteiger charge is -2.31. The minimum absolute atomic E-state index is 0.209. The van der Waals surface area contributed by atoms with E-state index in [0.717, 1.165) is 11.8 Å². The van der Waals surface area contributed by atoms with Crippen molar-refractivity contribution >= 4 is 51.4 Å². The normalized spacial score (nSPS) is 15.6. The molecule has 0 spiro atoms. The van der Waals surface area contributed by atoms with Gasteiger partial charge in [0.05, 0.1) is 35.5 Å². The molecule has 0 fully saturated rings. The Kier molecular flexibility index (Phi) is 10.2. The number of nitrogen functional groups attached to an aromatic ring is 1. The van der Waals surface area contributed by atoms with Crippen LogP contribution in [0.15, 0.2) is 34.7 Å². The molecule has 0 aliphatic heterocycles. The number of aromatic nitrogens is 4. The molecule has 16 heteroatoms. The number of aliphatic hydroxyl groups is 2. The highest BCUT2D eigenvalue weighted by molar-refractivity contribution is 7.99. The largest absolute Gasteiger partial charge is 0.411 e. The van der Waals surface area contributed by atoms with Crippen molar-refractivity contribution in [1.82, 2.24) is 20.0 Å². The zero-order chi connectivity index (χ0) is 26.5. The monoisotopic (exact) mass is 587 g/mol. The van der Waals surface area contributed by atoms with Crippen molar-refractivity contribution in [3.05, 3.63) is 39.8 Å². The van der Waals surface area contributed by atoms with Crippen LogP contribution in [-0.4, -0.2) is 73.3 Å². The number of thioether (sulfide) groups is 1. The molecule has 4 N–H and O–H groups in total. The van der Waals surface area contributed by atoms with Gasteiger partial charge in [-0.25, -0.2) is 9.67 Å². The average molecular weight is 588 g/mol. The van der Waals surface area contributed by atoms with Crippen LogP contribution in [0.5, 0.6) is 0 Å². The van der Waals surface area contributed by atoms with Gasteiger partial charge in [-0.3, -0.25) is 0 Å². The molecule has 36 heavy (non-hydrogen) atoms. The first-order chi connectivity index (χ1) is 16.9. The van der Waals surface area contributed by atoms with Crippen LogP contribution >= 0.6 is 46.3 Å². The molecule has 0 radical (unpaired) electrons. The summed E-state index contributed by atoms with van der Waals surface area (Å²) < 4.78 is 51.6. The third-order valence-corrected chi connectivity index (χ3v) is 7.21. The van der Waals surface area contributed by atoms with E-state index in [1.54, 1.807) is 11.4 Å². The summed E-state index contributed by atoms with van der Waals surface area (Å²) in [4.78, 5) is 4.62. The summed E-state index contributed by atoms with van der Waals surface area (Å²) in [6.07, 6.45) is -6.62. The van der Waals surface area contributed by atoms with Crippen LogP contribution in [0.2, 0.25) is 10.0 Å². The first-order valence-corrected chi connectivity index (χ1v) is 12.8. The Hall–Kier alpha value is -1.65. The predicted molar refractivity (Wildman–Crippen MR) is 131 cm³/mol. The summed E-state index contributed by atoms with van der Waals surface area (Å²) in [6, 6.07) is 4.64. The molecule has 4 atom stereocenters. The number of aliphatic hydroxyl groups excluding tert-OH is 2. The minimum Gasteiger partial charge on any atom is -0.394 e. The fraction of sp³-hybridized carbons (Fsp3) is 0.450. The van der Waals surface area contributed by atoms with Gasteiger partial charge in [0.25, 0.3) is 0 Å². The van der Waals surface area contributed by atoms with Gasteiger partial charge in [-0.2, -0.15) is 13.2 Å². The van der Waals surface area contributed by atoms with E-state index in [0.29, 0.717) is 26.4 Å². The second-order valence-corrected chi connectivity index (χ2v) is 10.4. The van der Waals surface area contributed by atoms with Crippen molar-refractivity contribution in [2.24, 2.45) is 0 Å². The fourth-order valence-corrected chi connectivity index (χ4v) is 4.91. The standard InChI is InChI=1S/C20H22Cl2F3N5O4S2/c1-10(32)17(7-31)34-18(36-11-2-3-12(21)13(22)4-11)16(33-9-20(23,24)25)6-30-5-14(28-29-30)15-8-35-19(26)27-15/h2-5,8,10,16-18,31-32H,6-7,9H2,1H3,(H2,26,27)/t10-,16+,17?,18?/m1/s1. The highest BCUT2D eigenvalue weighted by Gasteiger charge is 2.35. The second kappa shape index (κ2) is 12.7. The van der Waals surface area contributed by atoms with Gasteiger partial charge in [-0.1, -0.05) is 40.2 Å². The van der Waals surface area contributed by atoms with Crippen LogP contribution in [0.25, 0.3) is 11.4 Å². The molecule has 2 unspecified atom stereocenters. The highest BCUT2D eigenvalue weighted by atomic mass is 35.5. The fourth-order valence-electron chi connectivity index (χ4n) is 2.87. The maximum atomic E-state index is 13.1. The molecule has 0 bridgehead atoms. The Morgan fingerprint density at radius 2 is 1.97 bits per heavy atom. The maximum Gasteiger partial charge on any atom is 0.411 e. The number of thiazole rings is 1. The Labute approximate surface area is 222 Å². The van der Waals surface area contributed by atoms with E-state index in [9.17, 15) is 23.4 Å². The Morgan fingerprint density at radius 1 is 1.22 bits per heavy atom. The Morgan fingerprint density at radius 3 is 2.56 bits per heavy atom. The lowest BCUT2D eigenvalue weighted by Crippen LogP contribution is -2.41. The van der Waals surface area contributed by atoms with Crippen molar-refractivity contribution in [1.29, 1.82) is 0 Å². The minimum atomic E-state index is -4.62. The average Bonchev–Trinajstić information content (AvgIpc) is 3.44. The maximum absolute atomic E-state index is 13.1. The Balaban J connectivity index is 1.91. The van der Waals surface area contributed by atoms with Gasteiger partial charge in [0, 0.05) is 10.3 Å². The molecule has 0 amide bonds. The van der Waals surface area contributed by atoms with E-state index in [1.807, 2.05) is 0 Å². The van der Waals surface area contributed by atoms with Gasteiger partial charge >= 0.3 is 6.18 Å². The number of alkyl halides is 3. The SMILES string of the molecule is C[C@@H](O)C(CO)OC(Sc1ccc(Cl)c(Cl)c1)[C@H](Cn1cc(-c2csc(N)n2)nn1)OCC(F)(F)F. The van der Waals surface area contributed by atoms with Crippen LogP contribution in [0.3, 0.4) is 0 Å². The van der Waals surface area contributed by atoms with Crippen LogP contribution in [0.1, 0.15) is 6.92 Å². The summed E-state index contributed by atoms with van der Waals surface area (Å²) in [5.41, 5.74) is 5.34. The van der Waals surface area contributed by atoms with Crippen molar-refractivity contribution in [3.63, 3.8) is 0 Å². The molecule has 0 aliphatic carbocycles. The van der Waals surface area contributed by atoms with Gasteiger partial charge in [0.1, 0.15) is 35.6 Å². The van der Waals surface area contributed by atoms with E-state index in [1.165, 1.54) is 41.3 Å². The van der Waals surface area contributed by atoms with Gasteiger partial charge in [-0.05, 0) is 25.1 Å². The van der Waals surface area contributed by atoms with Gasteiger partial charge in [0.2, 0.25) is 0 Å². The number of ether oxygens (including phenoxy) is 2. The quantitative estimate of drug-likeness (QED) is 0.212. The molecule has 0 saturated carbocycles. The summed E-state index contributed by atoms with van der Waals surface area (Å²) in [5, 5.41) is 30.1. The molecule has 2 aromatic heterocycles. The summed E-state index contributed by atoms with van der Waals surface area (Å²) in [6.45, 7) is -0.973. The highest BCUT2D eigenvalue weighted by Crippen LogP contribution is 2.34. The molecule has 198 valence electrons. The first kappa shape index (κ1) is 28.9. The predicted octanol–water partition coefficient (Wildman–Crippen LogP) is 4.11. The van der Waals surface area contributed by atoms with Crippen LogP contribution in [0.4, 0.5) is 18.3 Å². The zero-order valence-electron chi connectivity index (χ0n) is 18.6. The van der Waals surface area contributed by atoms with Crippen LogP contribution in [-0.2, 0) is 16.0 Å². The second-order valence-electron chi connectivity index (χ2n) is 7.52. The van der Waals surface area contributed by atoms with Gasteiger partial charge < -0.3 is 25.4 Å². The molecule has 0 saturated heterocycles. The topological polar surface area (TPSA) is 129 Å². The third kappa shape index (κ3) is 8.45. The van der Waals surface area contributed by atoms with Crippen molar-refractivity contribution < 1.29 is 32.9 Å². The third-order valence-electron chi connectivity index (χ3n) is 4.62. The molecule has 0 aliphatic rings. The van der Waals surface area contributed by atoms with Crippen LogP contribution in [0, 0.1) is 0 Å². The van der Waals surface area contributed by atoms with Gasteiger partial charge in [-0.15, -0.1) is 16.4 Å². The molecule has 1 aromatic carbocycles. The summed E-state index contributed by atoms with van der Waals surface area (Å²) in [5.74, 6) is 0. The van der Waals surface area contributed by atoms with Crippen molar-refractivity contribution in [2.45, 2.75) is 48.3 Å². The number of halogens is 5. The molecule has 9 nitrogen and oxygen atoms in total. The van der Waals surface area contributed by atoms with Crippen molar-refractivity contribution in [2.75, 3.05) is 18.9 Å². The Bertz CT molecular complexity index is 1130. The molecule has 2 heterocycles. The van der Waals surface area contributed by atoms with Crippen molar-refractivity contribution in [3.8, 4) is 11.4 Å². The number of benzene rings is 1. The van der Waals surface area contributed by atoms with E-state index in [-0.39, 0.29) is 11.6 Å². The number of nitrogens with zero attached hydrogens (tertiary/aromatic N) is 4. The number of hydrogen-bond donors (Lipinski definition) is 3. The zero-order valence-corrected chi connectivity index (χ0v) is 21.7. The van der Waals surface area contributed by atoms with E-state index >= 15 is 0 Å². The number of hydrogen-bond acceptors (Lipinski definition) is 10. The summed E-state index contributed by atoms with van der Waals surface area (Å²) in [7, 11) is 0. The summed E-state index contributed by atoms with van der Waals surface area (Å²) >= 11 is 14.3. The lowest BCUT2D eigenvalue weighted by atomic mass is 10.2. The molecule has 3 rings (SSSR count). The van der Waals surface area contributed by atoms with E-state index in [4.69, 9.17) is 38.4 Å². The van der Waals surface area contributed by atoms with Crippen LogP contribution < -0.4 is 5.73 Å². The lowest BCUT2D eigenvalue weighted by molar-refractivity contribution is -0.199. The smallest absolute Gasteiger partial charge is 0.394 e. The molecular formula is C20H22Cl2F3N5O4S2. The number of rotatable bonds is 12. The number of nitrogens with two attached hydrogens (primary N) is 1. The van der Waals surface area contributed by atoms with E-state index in [2.05, 4.69) is 15.3 Å².